The van der Waals surface area contributed by atoms with Gasteiger partial charge in [0.25, 0.3) is 0 Å². The van der Waals surface area contributed by atoms with Crippen LogP contribution < -0.4 is 4.74 Å². The molecule has 0 spiro atoms. The van der Waals surface area contributed by atoms with Gasteiger partial charge in [0.1, 0.15) is 17.6 Å². The lowest BCUT2D eigenvalue weighted by Gasteiger charge is -2.42. The number of carbonyl (C=O) groups is 1. The molecule has 3 unspecified atom stereocenters. The summed E-state index contributed by atoms with van der Waals surface area (Å²) < 4.78 is 6.44. The van der Waals surface area contributed by atoms with Gasteiger partial charge in [-0.05, 0) is 46.4 Å². The van der Waals surface area contributed by atoms with E-state index in [0.29, 0.717) is 12.2 Å². The van der Waals surface area contributed by atoms with Gasteiger partial charge in [-0.25, -0.2) is 0 Å². The number of rotatable bonds is 2. The molecule has 3 atom stereocenters. The van der Waals surface area contributed by atoms with E-state index in [4.69, 9.17) is 4.74 Å². The maximum Gasteiger partial charge on any atom is 0.140 e. The van der Waals surface area contributed by atoms with Crippen molar-refractivity contribution in [3.05, 3.63) is 102 Å². The van der Waals surface area contributed by atoms with Crippen molar-refractivity contribution >= 4 is 16.6 Å². The van der Waals surface area contributed by atoms with Crippen molar-refractivity contribution in [2.75, 3.05) is 0 Å². The Morgan fingerprint density at radius 1 is 0.742 bits per heavy atom. The minimum atomic E-state index is -0.116. The Labute approximate surface area is 182 Å². The monoisotopic (exact) mass is 404 g/mol. The van der Waals surface area contributed by atoms with Gasteiger partial charge in [-0.3, -0.25) is 4.79 Å². The zero-order chi connectivity index (χ0) is 20.8. The fourth-order valence-electron chi connectivity index (χ4n) is 5.49. The SMILES string of the molecule is O=C1CCCC2Oc3ccc4ccccc4c3C(c3ccc(-c4ccccc4)cc3)C12. The van der Waals surface area contributed by atoms with Crippen molar-refractivity contribution in [1.82, 2.24) is 0 Å². The van der Waals surface area contributed by atoms with E-state index in [-0.39, 0.29) is 17.9 Å². The summed E-state index contributed by atoms with van der Waals surface area (Å²) >= 11 is 0. The molecule has 0 saturated heterocycles. The van der Waals surface area contributed by atoms with Gasteiger partial charge >= 0.3 is 0 Å². The molecule has 2 aliphatic rings. The summed E-state index contributed by atoms with van der Waals surface area (Å²) in [5.41, 5.74) is 4.77. The van der Waals surface area contributed by atoms with Crippen LogP contribution in [0.2, 0.25) is 0 Å². The normalized spacial score (nSPS) is 22.5. The number of fused-ring (bicyclic) bond motifs is 4. The van der Waals surface area contributed by atoms with Crippen molar-refractivity contribution < 1.29 is 9.53 Å². The van der Waals surface area contributed by atoms with Gasteiger partial charge in [-0.15, -0.1) is 0 Å². The number of carbonyl (C=O) groups excluding carboxylic acids is 1. The Bertz CT molecular complexity index is 1260. The summed E-state index contributed by atoms with van der Waals surface area (Å²) in [6.45, 7) is 0. The van der Waals surface area contributed by atoms with Crippen molar-refractivity contribution in [2.24, 2.45) is 5.92 Å². The van der Waals surface area contributed by atoms with Gasteiger partial charge in [-0.1, -0.05) is 84.9 Å². The summed E-state index contributed by atoms with van der Waals surface area (Å²) in [6.07, 6.45) is 2.49. The van der Waals surface area contributed by atoms with E-state index < -0.39 is 0 Å². The van der Waals surface area contributed by atoms with Crippen LogP contribution in [0.1, 0.15) is 36.3 Å². The van der Waals surface area contributed by atoms with E-state index in [0.717, 1.165) is 18.6 Å². The maximum atomic E-state index is 13.2. The van der Waals surface area contributed by atoms with Crippen LogP contribution in [0.25, 0.3) is 21.9 Å². The second-order valence-corrected chi connectivity index (χ2v) is 8.70. The van der Waals surface area contributed by atoms with Gasteiger partial charge in [0.05, 0.1) is 5.92 Å². The predicted molar refractivity (Wildman–Crippen MR) is 124 cm³/mol. The van der Waals surface area contributed by atoms with Gasteiger partial charge < -0.3 is 4.74 Å². The molecule has 1 fully saturated rings. The van der Waals surface area contributed by atoms with Crippen LogP contribution in [0, 0.1) is 5.92 Å². The quantitative estimate of drug-likeness (QED) is 0.368. The van der Waals surface area contributed by atoms with Crippen LogP contribution >= 0.6 is 0 Å². The van der Waals surface area contributed by atoms with Gasteiger partial charge in [0.15, 0.2) is 0 Å². The number of Topliss-reactive ketones (excluding diaryl/α,β-unsaturated/α-hetero) is 1. The predicted octanol–water partition coefficient (Wildman–Crippen LogP) is 6.77. The maximum absolute atomic E-state index is 13.2. The molecule has 31 heavy (non-hydrogen) atoms. The zero-order valence-electron chi connectivity index (χ0n) is 17.3. The Kier molecular flexibility index (Phi) is 4.38. The molecule has 1 heterocycles. The van der Waals surface area contributed by atoms with Gasteiger partial charge in [0.2, 0.25) is 0 Å². The molecular formula is C29H24O2. The standard InChI is InChI=1S/C29H24O2/c30-24-11-6-12-25-29(24)27(22-15-13-20(14-16-22)19-7-2-1-3-8-19)28-23-10-5-4-9-21(23)17-18-26(28)31-25/h1-5,7-10,13-18,25,27,29H,6,11-12H2. The topological polar surface area (TPSA) is 26.3 Å². The molecule has 1 aliphatic carbocycles. The van der Waals surface area contributed by atoms with Crippen LogP contribution in [-0.2, 0) is 4.79 Å². The molecule has 0 radical (unpaired) electrons. The van der Waals surface area contributed by atoms with Crippen LogP contribution in [0.5, 0.6) is 5.75 Å². The average molecular weight is 405 g/mol. The van der Waals surface area contributed by atoms with E-state index in [1.165, 1.54) is 33.0 Å². The van der Waals surface area contributed by atoms with Gasteiger partial charge in [-0.2, -0.15) is 0 Å². The molecule has 2 nitrogen and oxygen atoms in total. The summed E-state index contributed by atoms with van der Waals surface area (Å²) in [4.78, 5) is 13.2. The highest BCUT2D eigenvalue weighted by atomic mass is 16.5. The molecule has 2 heteroatoms. The van der Waals surface area contributed by atoms with Crippen LogP contribution in [0.4, 0.5) is 0 Å². The van der Waals surface area contributed by atoms with E-state index in [2.05, 4.69) is 84.9 Å². The Morgan fingerprint density at radius 3 is 2.32 bits per heavy atom. The fourth-order valence-corrected chi connectivity index (χ4v) is 5.49. The van der Waals surface area contributed by atoms with E-state index in [1.807, 2.05) is 6.07 Å². The number of benzene rings is 4. The molecule has 0 bridgehead atoms. The summed E-state index contributed by atoms with van der Waals surface area (Å²) in [5, 5.41) is 2.38. The molecule has 0 aromatic heterocycles. The lowest BCUT2D eigenvalue weighted by Crippen LogP contribution is -2.44. The summed E-state index contributed by atoms with van der Waals surface area (Å²) in [7, 11) is 0. The lowest BCUT2D eigenvalue weighted by atomic mass is 9.68. The smallest absolute Gasteiger partial charge is 0.140 e. The number of hydrogen-bond donors (Lipinski definition) is 0. The largest absolute Gasteiger partial charge is 0.489 e. The van der Waals surface area contributed by atoms with E-state index in [1.54, 1.807) is 0 Å². The highest BCUT2D eigenvalue weighted by Gasteiger charge is 2.45. The number of hydrogen-bond acceptors (Lipinski definition) is 2. The molecule has 4 aromatic carbocycles. The van der Waals surface area contributed by atoms with Crippen LogP contribution in [0.3, 0.4) is 0 Å². The third kappa shape index (κ3) is 3.06. The molecule has 1 saturated carbocycles. The first-order chi connectivity index (χ1) is 15.3. The third-order valence-corrected chi connectivity index (χ3v) is 6.94. The first-order valence-electron chi connectivity index (χ1n) is 11.2. The highest BCUT2D eigenvalue weighted by molar-refractivity contribution is 5.92. The number of ketones is 1. The van der Waals surface area contributed by atoms with E-state index >= 15 is 0 Å². The molecule has 152 valence electrons. The van der Waals surface area contributed by atoms with Crippen LogP contribution in [-0.4, -0.2) is 11.9 Å². The molecule has 6 rings (SSSR count). The summed E-state index contributed by atoms with van der Waals surface area (Å²) in [6, 6.07) is 31.9. The molecule has 1 aliphatic heterocycles. The Balaban J connectivity index is 1.53. The first kappa shape index (κ1) is 18.4. The van der Waals surface area contributed by atoms with E-state index in [9.17, 15) is 4.79 Å². The molecular weight excluding hydrogens is 380 g/mol. The Morgan fingerprint density at radius 2 is 1.48 bits per heavy atom. The zero-order valence-corrected chi connectivity index (χ0v) is 17.3. The minimum Gasteiger partial charge on any atom is -0.489 e. The first-order valence-corrected chi connectivity index (χ1v) is 11.2. The van der Waals surface area contributed by atoms with Crippen molar-refractivity contribution in [3.63, 3.8) is 0 Å². The molecule has 4 aromatic rings. The second kappa shape index (κ2) is 7.39. The van der Waals surface area contributed by atoms with Crippen LogP contribution in [0.15, 0.2) is 91.0 Å². The number of ether oxygens (including phenoxy) is 1. The third-order valence-electron chi connectivity index (χ3n) is 6.94. The summed E-state index contributed by atoms with van der Waals surface area (Å²) in [5.74, 6) is 1.19. The highest BCUT2D eigenvalue weighted by Crippen LogP contribution is 2.50. The second-order valence-electron chi connectivity index (χ2n) is 8.70. The van der Waals surface area contributed by atoms with Gasteiger partial charge in [0, 0.05) is 17.9 Å². The average Bonchev–Trinajstić information content (AvgIpc) is 2.83. The lowest BCUT2D eigenvalue weighted by molar-refractivity contribution is -0.130. The Hall–Kier alpha value is -3.39. The minimum absolute atomic E-state index is 0.0254. The van der Waals surface area contributed by atoms with Crippen molar-refractivity contribution in [2.45, 2.75) is 31.3 Å². The molecule has 0 amide bonds. The fraction of sp³-hybridized carbons (Fsp3) is 0.207. The van der Waals surface area contributed by atoms with Crippen molar-refractivity contribution in [3.8, 4) is 16.9 Å². The van der Waals surface area contributed by atoms with Crippen molar-refractivity contribution in [1.29, 1.82) is 0 Å². The molecule has 0 N–H and O–H groups in total.